The molecule has 0 radical (unpaired) electrons. The van der Waals surface area contributed by atoms with Crippen LogP contribution in [0.25, 0.3) is 0 Å². The normalized spacial score (nSPS) is 8.80. The maximum atomic E-state index is 9.95. The Balaban J connectivity index is 0. The molecule has 0 aliphatic rings. The summed E-state index contributed by atoms with van der Waals surface area (Å²) in [6, 6.07) is 0. The van der Waals surface area contributed by atoms with Gasteiger partial charge in [0.15, 0.2) is 0 Å². The Hall–Kier alpha value is 0.587. The minimum Gasteiger partial charge on any atom is -0.562 e. The third-order valence-corrected chi connectivity index (χ3v) is 0. The summed E-state index contributed by atoms with van der Waals surface area (Å²) >= 11 is 0. The smallest absolute Gasteiger partial charge is 0.562 e. The van der Waals surface area contributed by atoms with Crippen molar-refractivity contribution in [2.75, 3.05) is 0 Å². The molecule has 0 saturated heterocycles. The maximum absolute atomic E-state index is 9.95. The van der Waals surface area contributed by atoms with Gasteiger partial charge in [-0.1, -0.05) is 0 Å². The van der Waals surface area contributed by atoms with Crippen LogP contribution in [0.15, 0.2) is 0 Å². The quantitative estimate of drug-likeness (QED) is 0.234. The fraction of sp³-hybridized carbons (Fsp3) is 0. The summed E-state index contributed by atoms with van der Waals surface area (Å²) in [4.78, 5) is 8.37. The van der Waals surface area contributed by atoms with E-state index in [1.807, 2.05) is 0 Å². The van der Waals surface area contributed by atoms with Gasteiger partial charge in [-0.3, -0.25) is 0 Å². The predicted molar refractivity (Wildman–Crippen MR) is 8.71 cm³/mol. The largest absolute Gasteiger partial charge is 1.00 e. The molecular formula is FLiO2P+. The molecule has 0 fully saturated rings. The zero-order valence-electron chi connectivity index (χ0n) is 2.64. The molecule has 0 aromatic carbocycles. The fourth-order valence-corrected chi connectivity index (χ4v) is 0. The molecule has 0 aliphatic carbocycles. The van der Waals surface area contributed by atoms with Crippen LogP contribution >= 0.6 is 8.34 Å². The molecule has 0 bridgehead atoms. The van der Waals surface area contributed by atoms with Gasteiger partial charge in [0.25, 0.3) is 0 Å². The van der Waals surface area contributed by atoms with Gasteiger partial charge in [0, 0.05) is 0 Å². The molecule has 0 rings (SSSR count). The van der Waals surface area contributed by atoms with Gasteiger partial charge in [-0.15, -0.1) is 0 Å². The summed E-state index contributed by atoms with van der Waals surface area (Å²) in [7, 11) is -3.62. The van der Waals surface area contributed by atoms with Gasteiger partial charge in [0.1, 0.15) is 0 Å². The van der Waals surface area contributed by atoms with Gasteiger partial charge < -0.3 is 4.89 Å². The molecule has 0 aromatic rings. The monoisotopic (exact) mass is 89.0 g/mol. The molecular weight excluding hydrogens is 88.9 g/mol. The molecule has 2 nitrogen and oxygen atoms in total. The van der Waals surface area contributed by atoms with Gasteiger partial charge in [0.05, 0.1) is 4.20 Å². The number of halogens is 1. The summed E-state index contributed by atoms with van der Waals surface area (Å²) in [5.41, 5.74) is 0. The SMILES string of the molecule is O=[P+]([O-])F.[Li+]. The van der Waals surface area contributed by atoms with Crippen LogP contribution in [0, 0.1) is 0 Å². The molecule has 5 heteroatoms. The summed E-state index contributed by atoms with van der Waals surface area (Å²) in [6.07, 6.45) is 0. The van der Waals surface area contributed by atoms with Gasteiger partial charge in [0.2, 0.25) is 0 Å². The van der Waals surface area contributed by atoms with E-state index in [4.69, 9.17) is 9.46 Å². The zero-order valence-corrected chi connectivity index (χ0v) is 3.54. The Morgan fingerprint density at radius 3 is 1.80 bits per heavy atom. The van der Waals surface area contributed by atoms with Crippen molar-refractivity contribution in [1.29, 1.82) is 0 Å². The first kappa shape index (κ1) is 9.14. The number of rotatable bonds is 0. The average Bonchev–Trinajstić information content (AvgIpc) is 0.811. The maximum Gasteiger partial charge on any atom is 1.00 e. The van der Waals surface area contributed by atoms with E-state index in [2.05, 4.69) is 0 Å². The predicted octanol–water partition coefficient (Wildman–Crippen LogP) is -3.02. The second-order valence-electron chi connectivity index (χ2n) is 0.213. The van der Waals surface area contributed by atoms with Crippen molar-refractivity contribution in [2.24, 2.45) is 0 Å². The van der Waals surface area contributed by atoms with Crippen molar-refractivity contribution < 1.29 is 32.5 Å². The van der Waals surface area contributed by atoms with Crippen molar-refractivity contribution >= 4 is 8.34 Å². The van der Waals surface area contributed by atoms with Crippen LogP contribution in [0.5, 0.6) is 0 Å². The second-order valence-corrected chi connectivity index (χ2v) is 0.638. The standard InChI is InChI=1S/FO2P.Li/c1-4(2)3;/q;+1. The summed E-state index contributed by atoms with van der Waals surface area (Å²) < 4.78 is 18.3. The van der Waals surface area contributed by atoms with E-state index in [1.165, 1.54) is 0 Å². The van der Waals surface area contributed by atoms with Crippen LogP contribution in [0.1, 0.15) is 0 Å². The van der Waals surface area contributed by atoms with Crippen LogP contribution < -0.4 is 23.8 Å². The van der Waals surface area contributed by atoms with Crippen molar-refractivity contribution in [1.82, 2.24) is 0 Å². The van der Waals surface area contributed by atoms with Crippen LogP contribution in [-0.2, 0) is 4.57 Å². The minimum absolute atomic E-state index is 0. The van der Waals surface area contributed by atoms with Gasteiger partial charge >= 0.3 is 27.2 Å². The van der Waals surface area contributed by atoms with E-state index in [0.717, 1.165) is 0 Å². The van der Waals surface area contributed by atoms with Crippen molar-refractivity contribution in [3.05, 3.63) is 0 Å². The molecule has 0 amide bonds. The van der Waals surface area contributed by atoms with E-state index in [0.29, 0.717) is 0 Å². The molecule has 0 saturated carbocycles. The van der Waals surface area contributed by atoms with Gasteiger partial charge in [-0.05, 0) is 4.57 Å². The minimum atomic E-state index is -3.62. The first-order valence-electron chi connectivity index (χ1n) is 0.534. The second kappa shape index (κ2) is 4.59. The molecule has 1 unspecified atom stereocenters. The Labute approximate surface area is 41.5 Å². The summed E-state index contributed by atoms with van der Waals surface area (Å²) in [5, 5.41) is 0. The first-order chi connectivity index (χ1) is 1.73. The molecule has 24 valence electrons. The Morgan fingerprint density at radius 1 is 1.80 bits per heavy atom. The molecule has 0 heterocycles. The van der Waals surface area contributed by atoms with Crippen molar-refractivity contribution in [3.8, 4) is 0 Å². The zero-order chi connectivity index (χ0) is 3.58. The van der Waals surface area contributed by atoms with E-state index < -0.39 is 8.34 Å². The Morgan fingerprint density at radius 2 is 1.80 bits per heavy atom. The number of hydrogen-bond donors (Lipinski definition) is 0. The molecule has 0 spiro atoms. The third kappa shape index (κ3) is 89.0. The summed E-state index contributed by atoms with van der Waals surface area (Å²) in [5.74, 6) is 0. The van der Waals surface area contributed by atoms with E-state index in [9.17, 15) is 4.20 Å². The van der Waals surface area contributed by atoms with Crippen LogP contribution in [0.2, 0.25) is 0 Å². The third-order valence-electron chi connectivity index (χ3n) is 0. The van der Waals surface area contributed by atoms with E-state index in [-0.39, 0.29) is 18.9 Å². The van der Waals surface area contributed by atoms with Crippen LogP contribution in [0.4, 0.5) is 4.20 Å². The first-order valence-corrected chi connectivity index (χ1v) is 1.60. The van der Waals surface area contributed by atoms with Crippen molar-refractivity contribution in [3.63, 3.8) is 0 Å². The average molecular weight is 88.9 g/mol. The molecule has 1 atom stereocenters. The molecule has 0 aromatic heterocycles. The van der Waals surface area contributed by atoms with Gasteiger partial charge in [-0.25, -0.2) is 0 Å². The molecule has 0 aliphatic heterocycles. The Bertz CT molecular complexity index is 32.6. The van der Waals surface area contributed by atoms with Crippen LogP contribution in [0.3, 0.4) is 0 Å². The molecule has 5 heavy (non-hydrogen) atoms. The summed E-state index contributed by atoms with van der Waals surface area (Å²) in [6.45, 7) is 0. The van der Waals surface area contributed by atoms with Crippen LogP contribution in [-0.4, -0.2) is 0 Å². The number of hydrogen-bond acceptors (Lipinski definition) is 2. The molecule has 0 N–H and O–H groups in total. The van der Waals surface area contributed by atoms with Crippen molar-refractivity contribution in [2.45, 2.75) is 0 Å². The van der Waals surface area contributed by atoms with E-state index >= 15 is 0 Å². The fourth-order valence-electron chi connectivity index (χ4n) is 0. The Kier molecular flexibility index (Phi) is 8.38. The van der Waals surface area contributed by atoms with E-state index in [1.54, 1.807) is 0 Å². The topological polar surface area (TPSA) is 40.1 Å². The van der Waals surface area contributed by atoms with Gasteiger partial charge in [-0.2, -0.15) is 0 Å².